The highest BCUT2D eigenvalue weighted by Gasteiger charge is 2.29. The fourth-order valence-corrected chi connectivity index (χ4v) is 4.95. The van der Waals surface area contributed by atoms with E-state index in [0.717, 1.165) is 17.5 Å². The van der Waals surface area contributed by atoms with E-state index in [-0.39, 0.29) is 17.7 Å². The van der Waals surface area contributed by atoms with Crippen molar-refractivity contribution in [2.45, 2.75) is 12.8 Å². The molecule has 4 rings (SSSR count). The van der Waals surface area contributed by atoms with E-state index in [4.69, 9.17) is 34.8 Å². The van der Waals surface area contributed by atoms with Crippen LogP contribution in [0.15, 0.2) is 36.4 Å². The van der Waals surface area contributed by atoms with Crippen molar-refractivity contribution >= 4 is 79.4 Å². The number of fused-ring (bicyclic) bond motifs is 1. The van der Waals surface area contributed by atoms with Gasteiger partial charge in [0.2, 0.25) is 5.91 Å². The van der Waals surface area contributed by atoms with Gasteiger partial charge in [0.25, 0.3) is 5.91 Å². The van der Waals surface area contributed by atoms with E-state index in [1.54, 1.807) is 36.4 Å². The van der Waals surface area contributed by atoms with Crippen molar-refractivity contribution in [3.05, 3.63) is 56.3 Å². The highest BCUT2D eigenvalue weighted by Crippen LogP contribution is 2.41. The van der Waals surface area contributed by atoms with Crippen LogP contribution in [0.25, 0.3) is 10.1 Å². The lowest BCUT2D eigenvalue weighted by Gasteiger charge is -2.07. The van der Waals surface area contributed by atoms with E-state index in [1.807, 2.05) is 0 Å². The smallest absolute Gasteiger partial charge is 0.267 e. The third-order valence-electron chi connectivity index (χ3n) is 4.21. The number of benzene rings is 2. The Kier molecular flexibility index (Phi) is 5.03. The molecular formula is C19H13Cl3N2O2S. The molecule has 0 atom stereocenters. The minimum absolute atomic E-state index is 0.0411. The molecule has 1 saturated carbocycles. The van der Waals surface area contributed by atoms with E-state index in [0.29, 0.717) is 36.7 Å². The molecule has 138 valence electrons. The Morgan fingerprint density at radius 3 is 2.22 bits per heavy atom. The third kappa shape index (κ3) is 3.92. The summed E-state index contributed by atoms with van der Waals surface area (Å²) in [7, 11) is 0. The maximum Gasteiger partial charge on any atom is 0.267 e. The number of anilines is 2. The van der Waals surface area contributed by atoms with Crippen molar-refractivity contribution in [2.75, 3.05) is 10.6 Å². The molecule has 0 aliphatic heterocycles. The molecule has 0 saturated heterocycles. The Bertz CT molecular complexity index is 1060. The average Bonchev–Trinajstić information content (AvgIpc) is 3.41. The zero-order valence-electron chi connectivity index (χ0n) is 13.8. The van der Waals surface area contributed by atoms with Gasteiger partial charge in [-0.15, -0.1) is 11.3 Å². The van der Waals surface area contributed by atoms with Gasteiger partial charge in [0.1, 0.15) is 4.88 Å². The van der Waals surface area contributed by atoms with E-state index in [2.05, 4.69) is 10.6 Å². The average molecular weight is 440 g/mol. The van der Waals surface area contributed by atoms with Crippen LogP contribution in [0.3, 0.4) is 0 Å². The lowest BCUT2D eigenvalue weighted by molar-refractivity contribution is -0.117. The first-order chi connectivity index (χ1) is 12.9. The highest BCUT2D eigenvalue weighted by atomic mass is 35.5. The van der Waals surface area contributed by atoms with Gasteiger partial charge in [-0.1, -0.05) is 34.8 Å². The molecule has 0 radical (unpaired) electrons. The van der Waals surface area contributed by atoms with Gasteiger partial charge in [-0.2, -0.15) is 0 Å². The summed E-state index contributed by atoms with van der Waals surface area (Å²) in [5, 5.41) is 7.49. The topological polar surface area (TPSA) is 58.2 Å². The van der Waals surface area contributed by atoms with Crippen LogP contribution in [0.1, 0.15) is 22.5 Å². The van der Waals surface area contributed by atoms with Crippen LogP contribution in [-0.4, -0.2) is 11.8 Å². The number of amides is 2. The molecule has 0 unspecified atom stereocenters. The van der Waals surface area contributed by atoms with Crippen molar-refractivity contribution < 1.29 is 9.59 Å². The van der Waals surface area contributed by atoms with Crippen molar-refractivity contribution in [2.24, 2.45) is 5.92 Å². The molecule has 4 nitrogen and oxygen atoms in total. The van der Waals surface area contributed by atoms with Crippen LogP contribution < -0.4 is 10.6 Å². The molecule has 0 bridgehead atoms. The number of hydrogen-bond acceptors (Lipinski definition) is 3. The maximum atomic E-state index is 12.6. The summed E-state index contributed by atoms with van der Waals surface area (Å²) in [6, 6.07) is 10.3. The number of carbonyl (C=O) groups excluding carboxylic acids is 2. The number of rotatable bonds is 4. The quantitative estimate of drug-likeness (QED) is 0.490. The second-order valence-corrected chi connectivity index (χ2v) is 8.57. The van der Waals surface area contributed by atoms with Gasteiger partial charge < -0.3 is 10.6 Å². The fraction of sp³-hybridized carbons (Fsp3) is 0.158. The minimum Gasteiger partial charge on any atom is -0.326 e. The normalized spacial score (nSPS) is 13.6. The monoisotopic (exact) mass is 438 g/mol. The zero-order valence-corrected chi connectivity index (χ0v) is 16.9. The maximum absolute atomic E-state index is 12.6. The van der Waals surface area contributed by atoms with Crippen LogP contribution in [0.2, 0.25) is 15.1 Å². The summed E-state index contributed by atoms with van der Waals surface area (Å²) in [6.45, 7) is 0. The molecule has 1 aliphatic rings. The summed E-state index contributed by atoms with van der Waals surface area (Å²) >= 11 is 19.8. The molecule has 2 aromatic carbocycles. The largest absolute Gasteiger partial charge is 0.326 e. The number of halogens is 3. The van der Waals surface area contributed by atoms with Gasteiger partial charge in [-0.25, -0.2) is 0 Å². The Morgan fingerprint density at radius 1 is 0.963 bits per heavy atom. The Morgan fingerprint density at radius 2 is 1.59 bits per heavy atom. The van der Waals surface area contributed by atoms with E-state index >= 15 is 0 Å². The lowest BCUT2D eigenvalue weighted by atomic mass is 10.2. The number of nitrogens with one attached hydrogen (secondary N) is 2. The second kappa shape index (κ2) is 7.32. The van der Waals surface area contributed by atoms with Crippen LogP contribution in [-0.2, 0) is 4.79 Å². The third-order valence-corrected chi connectivity index (χ3v) is 6.36. The molecule has 1 aromatic heterocycles. The predicted molar refractivity (Wildman–Crippen MR) is 113 cm³/mol. The van der Waals surface area contributed by atoms with Gasteiger partial charge in [-0.3, -0.25) is 9.59 Å². The highest BCUT2D eigenvalue weighted by molar-refractivity contribution is 7.21. The van der Waals surface area contributed by atoms with Crippen LogP contribution in [0.4, 0.5) is 11.4 Å². The van der Waals surface area contributed by atoms with E-state index < -0.39 is 0 Å². The minimum atomic E-state index is -0.330. The standard InChI is InChI=1S/C19H13Cl3N2O2S/c20-10-7-13(21)15-14(8-10)27-17(16(15)22)19(26)24-12-5-3-11(4-6-12)23-18(25)9-1-2-9/h3-9H,1-2H2,(H,23,25)(H,24,26). The Labute approximate surface area is 174 Å². The first kappa shape index (κ1) is 18.6. The molecule has 3 aromatic rings. The summed E-state index contributed by atoms with van der Waals surface area (Å²) in [5.74, 6) is -0.151. The SMILES string of the molecule is O=C(Nc1ccc(NC(=O)C2CC2)cc1)c1sc2cc(Cl)cc(Cl)c2c1Cl. The molecule has 1 fully saturated rings. The summed E-state index contributed by atoms with van der Waals surface area (Å²) in [4.78, 5) is 24.8. The van der Waals surface area contributed by atoms with Crippen molar-refractivity contribution in [1.29, 1.82) is 0 Å². The summed E-state index contributed by atoms with van der Waals surface area (Å²) in [6.07, 6.45) is 1.90. The first-order valence-corrected chi connectivity index (χ1v) is 10.2. The van der Waals surface area contributed by atoms with E-state index in [9.17, 15) is 9.59 Å². The van der Waals surface area contributed by atoms with Gasteiger partial charge in [0.05, 0.1) is 10.0 Å². The molecule has 0 spiro atoms. The molecule has 8 heteroatoms. The number of thiophene rings is 1. The molecule has 27 heavy (non-hydrogen) atoms. The zero-order chi connectivity index (χ0) is 19.1. The number of hydrogen-bond donors (Lipinski definition) is 2. The number of carbonyl (C=O) groups is 2. The van der Waals surface area contributed by atoms with E-state index in [1.165, 1.54) is 11.3 Å². The summed E-state index contributed by atoms with van der Waals surface area (Å²) in [5.41, 5.74) is 1.30. The molecule has 1 heterocycles. The van der Waals surface area contributed by atoms with Crippen LogP contribution in [0.5, 0.6) is 0 Å². The van der Waals surface area contributed by atoms with Gasteiger partial charge in [0, 0.05) is 32.4 Å². The second-order valence-electron chi connectivity index (χ2n) is 6.30. The van der Waals surface area contributed by atoms with Crippen LogP contribution >= 0.6 is 46.1 Å². The molecule has 2 N–H and O–H groups in total. The van der Waals surface area contributed by atoms with Gasteiger partial charge in [0.15, 0.2) is 0 Å². The molecule has 2 amide bonds. The van der Waals surface area contributed by atoms with Crippen molar-refractivity contribution in [3.8, 4) is 0 Å². The van der Waals surface area contributed by atoms with Crippen LogP contribution in [0, 0.1) is 5.92 Å². The Balaban J connectivity index is 1.52. The molecular weight excluding hydrogens is 427 g/mol. The van der Waals surface area contributed by atoms with Gasteiger partial charge >= 0.3 is 0 Å². The fourth-order valence-electron chi connectivity index (χ4n) is 2.67. The molecule has 1 aliphatic carbocycles. The van der Waals surface area contributed by atoms with Crippen molar-refractivity contribution in [1.82, 2.24) is 0 Å². The summed E-state index contributed by atoms with van der Waals surface area (Å²) < 4.78 is 0.751. The van der Waals surface area contributed by atoms with Crippen molar-refractivity contribution in [3.63, 3.8) is 0 Å². The van der Waals surface area contributed by atoms with Gasteiger partial charge in [-0.05, 0) is 49.2 Å². The predicted octanol–water partition coefficient (Wildman–Crippen LogP) is 6.46. The lowest BCUT2D eigenvalue weighted by Crippen LogP contribution is -2.13. The first-order valence-electron chi connectivity index (χ1n) is 8.21. The Hall–Kier alpha value is -1.79.